The SMILES string of the molecule is CC(C)(C)OC(=O)N1CCC[C@H]1C1=NC=C(c2ccc3cc(B4OC(C)(C)C(C)(C)O4)ccc3c2)C1.CC(C)(C)OC(=O)N1CCC[C@H]1C1=NC=C(c2ccc3cc(Br)ccc3c2)C1.CC1(C)OB(B2OC(C)(C)C(C)(C)O2)OC1(C)C. The minimum Gasteiger partial charge on any atom is -0.444 e. The number of amides is 2. The molecule has 5 saturated heterocycles. The van der Waals surface area contributed by atoms with Crippen molar-refractivity contribution in [1.82, 2.24) is 9.80 Å². The van der Waals surface area contributed by atoms with Gasteiger partial charge in [-0.25, -0.2) is 9.59 Å². The number of likely N-dealkylation sites (tertiary alicyclic amines) is 2. The molecule has 5 fully saturated rings. The van der Waals surface area contributed by atoms with Crippen molar-refractivity contribution in [2.75, 3.05) is 13.1 Å². The molecule has 7 aliphatic rings. The Morgan fingerprint density at radius 3 is 1.27 bits per heavy atom. The average Bonchev–Trinajstić information content (AvgIpc) is 3.01. The topological polar surface area (TPSA) is 139 Å². The van der Waals surface area contributed by atoms with Crippen LogP contribution in [0.2, 0.25) is 0 Å². The first-order valence-electron chi connectivity index (χ1n) is 29.3. The standard InChI is InChI=1S/C29H37BN2O4.C23H25BrN2O2.C12H24B2O4/c1-27(2,3)34-26(33)32-14-8-9-25(32)24-17-22(18-31-24)20-10-11-21-16-23(13-12-19(21)15-20)30-35-28(4,5)29(6,7)36-30;1-23(2,3)28-22(27)26-10-4-5-21(26)20-13-18(14-25-20)16-6-7-17-12-19(24)9-8-15(17)11-16;1-9(2)10(3,4)16-13(15-9)14-17-11(5,6)12(7,8)18-14/h10-13,15-16,18,25H,8-9,14,17H2,1-7H3;6-9,11-12,14,21H,4-5,10,13H2,1-3H3;1-8H3/t25-;21-;/m00./s1. The summed E-state index contributed by atoms with van der Waals surface area (Å²) in [5.74, 6) is 0. The molecule has 0 unspecified atom stereocenters. The molecule has 4 aromatic carbocycles. The fourth-order valence-electron chi connectivity index (χ4n) is 11.0. The molecule has 438 valence electrons. The van der Waals surface area contributed by atoms with Gasteiger partial charge in [-0.15, -0.1) is 0 Å². The second-order valence-electron chi connectivity index (χ2n) is 27.9. The lowest BCUT2D eigenvalue weighted by molar-refractivity contribution is 0.00578. The van der Waals surface area contributed by atoms with E-state index in [0.717, 1.165) is 83.9 Å². The van der Waals surface area contributed by atoms with Crippen molar-refractivity contribution < 1.29 is 47.0 Å². The Labute approximate surface area is 497 Å². The van der Waals surface area contributed by atoms with E-state index < -0.39 is 25.2 Å². The van der Waals surface area contributed by atoms with E-state index in [1.54, 1.807) is 0 Å². The van der Waals surface area contributed by atoms with Gasteiger partial charge in [0.25, 0.3) is 0 Å². The molecule has 2 amide bonds. The average molecular weight is 1180 g/mol. The van der Waals surface area contributed by atoms with Crippen LogP contribution in [0.25, 0.3) is 32.7 Å². The highest BCUT2D eigenvalue weighted by Gasteiger charge is 2.64. The number of aliphatic imine (C=N–C) groups is 2. The monoisotopic (exact) mass is 1180 g/mol. The van der Waals surface area contributed by atoms with E-state index in [4.69, 9.17) is 47.4 Å². The molecule has 2 atom stereocenters. The third kappa shape index (κ3) is 13.3. The summed E-state index contributed by atoms with van der Waals surface area (Å²) in [5.41, 5.74) is 4.73. The van der Waals surface area contributed by atoms with Gasteiger partial charge < -0.3 is 37.4 Å². The van der Waals surface area contributed by atoms with Crippen LogP contribution in [0.1, 0.15) is 174 Å². The summed E-state index contributed by atoms with van der Waals surface area (Å²) in [6.45, 7) is 37.4. The van der Waals surface area contributed by atoms with Gasteiger partial charge in [0.05, 0.1) is 45.7 Å². The molecule has 82 heavy (non-hydrogen) atoms. The van der Waals surface area contributed by atoms with E-state index in [0.29, 0.717) is 0 Å². The number of carbonyl (C=O) groups excluding carboxylic acids is 2. The molecule has 14 nitrogen and oxygen atoms in total. The molecule has 11 rings (SSSR count). The second kappa shape index (κ2) is 22.6. The maximum Gasteiger partial charge on any atom is 0.494 e. The summed E-state index contributed by atoms with van der Waals surface area (Å²) < 4.78 is 48.6. The van der Waals surface area contributed by atoms with E-state index in [1.807, 2.05) is 119 Å². The Morgan fingerprint density at radius 1 is 0.512 bits per heavy atom. The molecule has 0 bridgehead atoms. The molecule has 0 spiro atoms. The number of hydrogen-bond donors (Lipinski definition) is 0. The van der Waals surface area contributed by atoms with Gasteiger partial charge in [0.2, 0.25) is 0 Å². The Hall–Kier alpha value is -4.81. The van der Waals surface area contributed by atoms with Crippen LogP contribution in [0.4, 0.5) is 9.59 Å². The fourth-order valence-corrected chi connectivity index (χ4v) is 11.3. The van der Waals surface area contributed by atoms with E-state index in [2.05, 4.69) is 116 Å². The normalized spacial score (nSPS) is 24.0. The minimum absolute atomic E-state index is 0.0107. The van der Waals surface area contributed by atoms with Gasteiger partial charge in [-0.1, -0.05) is 64.5 Å². The van der Waals surface area contributed by atoms with Gasteiger partial charge in [-0.3, -0.25) is 19.8 Å². The molecule has 4 aromatic rings. The van der Waals surface area contributed by atoms with Gasteiger partial charge in [0.15, 0.2) is 0 Å². The van der Waals surface area contributed by atoms with Crippen molar-refractivity contribution in [1.29, 1.82) is 0 Å². The number of halogens is 1. The molecular formula is C64H86B3BrN4O10. The van der Waals surface area contributed by atoms with Crippen LogP contribution in [0, 0.1) is 0 Å². The maximum absolute atomic E-state index is 12.7. The number of ether oxygens (including phenoxy) is 2. The zero-order valence-electron chi connectivity index (χ0n) is 51.9. The Balaban J connectivity index is 0.000000157. The lowest BCUT2D eigenvalue weighted by Crippen LogP contribution is -2.43. The summed E-state index contributed by atoms with van der Waals surface area (Å²) in [6.07, 6.45) is 8.81. The van der Waals surface area contributed by atoms with Crippen LogP contribution in [0.15, 0.2) is 99.7 Å². The van der Waals surface area contributed by atoms with Crippen molar-refractivity contribution in [2.24, 2.45) is 9.98 Å². The molecule has 0 radical (unpaired) electrons. The van der Waals surface area contributed by atoms with E-state index in [1.165, 1.54) is 32.9 Å². The lowest BCUT2D eigenvalue weighted by Gasteiger charge is -2.32. The van der Waals surface area contributed by atoms with Crippen LogP contribution in [0.3, 0.4) is 0 Å². The number of benzene rings is 4. The van der Waals surface area contributed by atoms with E-state index in [-0.39, 0.29) is 65.0 Å². The summed E-state index contributed by atoms with van der Waals surface area (Å²) in [7, 11) is -1.32. The second-order valence-corrected chi connectivity index (χ2v) is 28.8. The molecule has 0 N–H and O–H groups in total. The largest absolute Gasteiger partial charge is 0.494 e. The zero-order chi connectivity index (χ0) is 59.8. The Kier molecular flexibility index (Phi) is 17.0. The van der Waals surface area contributed by atoms with Crippen LogP contribution in [0.5, 0.6) is 0 Å². The highest BCUT2D eigenvalue weighted by molar-refractivity contribution is 9.10. The predicted molar refractivity (Wildman–Crippen MR) is 335 cm³/mol. The smallest absolute Gasteiger partial charge is 0.444 e. The number of allylic oxidation sites excluding steroid dienone is 2. The van der Waals surface area contributed by atoms with Crippen molar-refractivity contribution >= 4 is 98.8 Å². The van der Waals surface area contributed by atoms with Crippen molar-refractivity contribution in [3.63, 3.8) is 0 Å². The molecule has 18 heteroatoms. The quantitative estimate of drug-likeness (QED) is 0.171. The van der Waals surface area contributed by atoms with Crippen molar-refractivity contribution in [3.05, 3.63) is 101 Å². The number of hydrogen-bond acceptors (Lipinski definition) is 12. The fraction of sp³-hybridized carbons (Fsp3) is 0.562. The van der Waals surface area contributed by atoms with Gasteiger partial charge in [-0.05, 0) is 224 Å². The highest BCUT2D eigenvalue weighted by Crippen LogP contribution is 2.44. The molecule has 0 aromatic heterocycles. The van der Waals surface area contributed by atoms with E-state index >= 15 is 0 Å². The van der Waals surface area contributed by atoms with Gasteiger partial charge >= 0.3 is 33.3 Å². The first kappa shape index (κ1) is 61.7. The summed E-state index contributed by atoms with van der Waals surface area (Å²) >= 11 is 3.53. The van der Waals surface area contributed by atoms with Crippen LogP contribution in [-0.4, -0.2) is 125 Å². The van der Waals surface area contributed by atoms with Crippen LogP contribution >= 0.6 is 15.9 Å². The highest BCUT2D eigenvalue weighted by atomic mass is 79.9. The summed E-state index contributed by atoms with van der Waals surface area (Å²) in [6, 6.07) is 25.8. The van der Waals surface area contributed by atoms with Crippen molar-refractivity contribution in [3.8, 4) is 0 Å². The molecule has 0 aliphatic carbocycles. The van der Waals surface area contributed by atoms with Crippen LogP contribution < -0.4 is 5.46 Å². The van der Waals surface area contributed by atoms with Gasteiger partial charge in [0, 0.05) is 54.2 Å². The van der Waals surface area contributed by atoms with E-state index in [9.17, 15) is 9.59 Å². The Morgan fingerprint density at radius 2 is 0.866 bits per heavy atom. The zero-order valence-corrected chi connectivity index (χ0v) is 53.5. The Bertz CT molecular complexity index is 3150. The van der Waals surface area contributed by atoms with Gasteiger partial charge in [0.1, 0.15) is 11.2 Å². The minimum atomic E-state index is -0.501. The number of fused-ring (bicyclic) bond motifs is 2. The predicted octanol–water partition coefficient (Wildman–Crippen LogP) is 14.2. The maximum atomic E-state index is 12.7. The number of nitrogens with zero attached hydrogens (tertiary/aromatic N) is 4. The summed E-state index contributed by atoms with van der Waals surface area (Å²) in [5, 5.41) is 4.74. The number of rotatable bonds is 6. The summed E-state index contributed by atoms with van der Waals surface area (Å²) in [4.78, 5) is 38.5. The first-order chi connectivity index (χ1) is 38.0. The first-order valence-corrected chi connectivity index (χ1v) is 30.1. The van der Waals surface area contributed by atoms with Gasteiger partial charge in [-0.2, -0.15) is 0 Å². The molecule has 7 heterocycles. The third-order valence-electron chi connectivity index (χ3n) is 17.7. The lowest BCUT2D eigenvalue weighted by atomic mass is 9.49. The molecule has 0 saturated carbocycles. The van der Waals surface area contributed by atoms with Crippen molar-refractivity contribution in [2.45, 2.75) is 220 Å². The molecule has 7 aliphatic heterocycles. The van der Waals surface area contributed by atoms with Crippen LogP contribution in [-0.2, 0) is 37.4 Å². The number of carbonyl (C=O) groups is 2. The third-order valence-corrected chi connectivity index (χ3v) is 18.2. The molecular weight excluding hydrogens is 1100 g/mol.